The molecule has 0 aliphatic carbocycles. The lowest BCUT2D eigenvalue weighted by atomic mass is 10.0. The van der Waals surface area contributed by atoms with Gasteiger partial charge in [-0.15, -0.1) is 0 Å². The molecule has 1 nitrogen and oxygen atoms in total. The van der Waals surface area contributed by atoms with E-state index in [-0.39, 0.29) is 0 Å². The number of allylic oxidation sites excluding steroid dienone is 1. The molecule has 0 saturated heterocycles. The van der Waals surface area contributed by atoms with E-state index in [1.54, 1.807) is 0 Å². The number of hydrogen-bond acceptors (Lipinski definition) is 1. The summed E-state index contributed by atoms with van der Waals surface area (Å²) in [7, 11) is 0. The van der Waals surface area contributed by atoms with Gasteiger partial charge in [0.25, 0.3) is 0 Å². The third-order valence-electron chi connectivity index (χ3n) is 2.02. The molecule has 0 spiro atoms. The van der Waals surface area contributed by atoms with Crippen molar-refractivity contribution in [2.75, 3.05) is 5.73 Å². The van der Waals surface area contributed by atoms with Crippen LogP contribution in [0.5, 0.6) is 0 Å². The number of anilines is 1. The summed E-state index contributed by atoms with van der Waals surface area (Å²) in [6.45, 7) is 8.11. The molecular formula is C11H15N. The molecule has 0 bridgehead atoms. The Bertz CT molecular complexity index is 300. The molecular weight excluding hydrogens is 146 g/mol. The maximum atomic E-state index is 5.81. The largest absolute Gasteiger partial charge is 0.398 e. The van der Waals surface area contributed by atoms with E-state index >= 15 is 0 Å². The first-order valence-corrected chi connectivity index (χ1v) is 4.19. The number of nitrogens with two attached hydrogens (primary N) is 1. The van der Waals surface area contributed by atoms with E-state index in [1.807, 2.05) is 12.1 Å². The van der Waals surface area contributed by atoms with Crippen LogP contribution in [0.4, 0.5) is 5.69 Å². The zero-order valence-electron chi connectivity index (χ0n) is 7.72. The fourth-order valence-corrected chi connectivity index (χ4v) is 1.17. The second-order valence-electron chi connectivity index (χ2n) is 3.05. The van der Waals surface area contributed by atoms with Crippen molar-refractivity contribution < 1.29 is 0 Å². The molecule has 0 aliphatic heterocycles. The van der Waals surface area contributed by atoms with Crippen LogP contribution in [-0.2, 0) is 0 Å². The van der Waals surface area contributed by atoms with Crippen molar-refractivity contribution in [2.24, 2.45) is 0 Å². The summed E-state index contributed by atoms with van der Waals surface area (Å²) in [5, 5.41) is 0. The van der Waals surface area contributed by atoms with Crippen LogP contribution >= 0.6 is 0 Å². The third-order valence-corrected chi connectivity index (χ3v) is 2.02. The Balaban J connectivity index is 3.13. The minimum absolute atomic E-state index is 0.826. The molecule has 12 heavy (non-hydrogen) atoms. The number of aryl methyl sites for hydroxylation is 1. The van der Waals surface area contributed by atoms with Crippen molar-refractivity contribution >= 4 is 11.3 Å². The zero-order chi connectivity index (χ0) is 9.14. The zero-order valence-corrected chi connectivity index (χ0v) is 7.72. The molecule has 1 aromatic carbocycles. The predicted octanol–water partition coefficient (Wildman–Crippen LogP) is 3.00. The summed E-state index contributed by atoms with van der Waals surface area (Å²) in [6, 6.07) is 6.04. The molecule has 0 radical (unpaired) electrons. The fourth-order valence-electron chi connectivity index (χ4n) is 1.17. The van der Waals surface area contributed by atoms with Gasteiger partial charge in [-0.3, -0.25) is 0 Å². The Morgan fingerprint density at radius 3 is 2.75 bits per heavy atom. The fraction of sp³-hybridized carbons (Fsp3) is 0.273. The Morgan fingerprint density at radius 1 is 1.50 bits per heavy atom. The summed E-state index contributed by atoms with van der Waals surface area (Å²) < 4.78 is 0. The van der Waals surface area contributed by atoms with Crippen molar-refractivity contribution in [1.82, 2.24) is 0 Å². The van der Waals surface area contributed by atoms with Gasteiger partial charge in [-0.05, 0) is 31.1 Å². The van der Waals surface area contributed by atoms with Gasteiger partial charge in [0.1, 0.15) is 0 Å². The van der Waals surface area contributed by atoms with Crippen LogP contribution < -0.4 is 5.73 Å². The molecule has 0 fully saturated rings. The maximum absolute atomic E-state index is 5.81. The number of nitrogen functional groups attached to an aromatic ring is 1. The van der Waals surface area contributed by atoms with Gasteiger partial charge < -0.3 is 5.73 Å². The molecule has 0 amide bonds. The highest BCUT2D eigenvalue weighted by Crippen LogP contribution is 2.23. The van der Waals surface area contributed by atoms with E-state index in [0.717, 1.165) is 23.2 Å². The van der Waals surface area contributed by atoms with E-state index in [2.05, 4.69) is 26.5 Å². The first kappa shape index (κ1) is 8.85. The first-order valence-electron chi connectivity index (χ1n) is 4.19. The molecule has 0 aromatic heterocycles. The van der Waals surface area contributed by atoms with Crippen LogP contribution in [0.25, 0.3) is 5.57 Å². The van der Waals surface area contributed by atoms with Gasteiger partial charge >= 0.3 is 0 Å². The van der Waals surface area contributed by atoms with E-state index in [0.29, 0.717) is 0 Å². The van der Waals surface area contributed by atoms with Crippen molar-refractivity contribution in [3.05, 3.63) is 35.9 Å². The minimum atomic E-state index is 0.826. The smallest absolute Gasteiger partial charge is 0.0390 e. The standard InChI is InChI=1S/C11H15N/c1-4-9(3)10-7-8(2)5-6-11(10)12/h5-7H,3-4,12H2,1-2H3. The number of hydrogen-bond donors (Lipinski definition) is 1. The highest BCUT2D eigenvalue weighted by Gasteiger charge is 2.00. The Morgan fingerprint density at radius 2 is 2.17 bits per heavy atom. The SMILES string of the molecule is C=C(CC)c1cc(C)ccc1N. The van der Waals surface area contributed by atoms with E-state index in [1.165, 1.54) is 5.56 Å². The molecule has 0 unspecified atom stereocenters. The third kappa shape index (κ3) is 1.67. The summed E-state index contributed by atoms with van der Waals surface area (Å²) in [4.78, 5) is 0. The summed E-state index contributed by atoms with van der Waals surface area (Å²) in [5.74, 6) is 0. The Labute approximate surface area is 73.9 Å². The quantitative estimate of drug-likeness (QED) is 0.663. The van der Waals surface area contributed by atoms with Crippen LogP contribution in [0.15, 0.2) is 24.8 Å². The summed E-state index contributed by atoms with van der Waals surface area (Å²) >= 11 is 0. The lowest BCUT2D eigenvalue weighted by Crippen LogP contribution is -1.93. The van der Waals surface area contributed by atoms with Gasteiger partial charge in [-0.2, -0.15) is 0 Å². The van der Waals surface area contributed by atoms with Crippen molar-refractivity contribution in [1.29, 1.82) is 0 Å². The van der Waals surface area contributed by atoms with Crippen LogP contribution in [0.1, 0.15) is 24.5 Å². The normalized spacial score (nSPS) is 9.83. The molecule has 1 aromatic rings. The van der Waals surface area contributed by atoms with Crippen LogP contribution in [0, 0.1) is 6.92 Å². The van der Waals surface area contributed by atoms with Gasteiger partial charge in [-0.25, -0.2) is 0 Å². The molecule has 1 heteroatoms. The minimum Gasteiger partial charge on any atom is -0.398 e. The highest BCUT2D eigenvalue weighted by molar-refractivity contribution is 5.73. The highest BCUT2D eigenvalue weighted by atomic mass is 14.6. The van der Waals surface area contributed by atoms with E-state index in [4.69, 9.17) is 5.73 Å². The molecule has 64 valence electrons. The Hall–Kier alpha value is -1.24. The lowest BCUT2D eigenvalue weighted by Gasteiger charge is -2.07. The van der Waals surface area contributed by atoms with E-state index < -0.39 is 0 Å². The molecule has 2 N–H and O–H groups in total. The van der Waals surface area contributed by atoms with Gasteiger partial charge in [0.15, 0.2) is 0 Å². The number of rotatable bonds is 2. The molecule has 1 rings (SSSR count). The molecule has 0 heterocycles. The lowest BCUT2D eigenvalue weighted by molar-refractivity contribution is 1.24. The Kier molecular flexibility index (Phi) is 2.54. The van der Waals surface area contributed by atoms with Crippen molar-refractivity contribution in [2.45, 2.75) is 20.3 Å². The monoisotopic (exact) mass is 161 g/mol. The average molecular weight is 161 g/mol. The van der Waals surface area contributed by atoms with Gasteiger partial charge in [0, 0.05) is 11.3 Å². The predicted molar refractivity (Wildman–Crippen MR) is 54.9 cm³/mol. The number of benzene rings is 1. The average Bonchev–Trinajstić information content (AvgIpc) is 2.08. The summed E-state index contributed by atoms with van der Waals surface area (Å²) in [5.41, 5.74) is 10.1. The van der Waals surface area contributed by atoms with Gasteiger partial charge in [0.05, 0.1) is 0 Å². The topological polar surface area (TPSA) is 26.0 Å². The second-order valence-corrected chi connectivity index (χ2v) is 3.05. The molecule has 0 saturated carbocycles. The molecule has 0 aliphatic rings. The first-order chi connectivity index (χ1) is 5.65. The van der Waals surface area contributed by atoms with Gasteiger partial charge in [-0.1, -0.05) is 25.1 Å². The van der Waals surface area contributed by atoms with Crippen LogP contribution in [-0.4, -0.2) is 0 Å². The van der Waals surface area contributed by atoms with Gasteiger partial charge in [0.2, 0.25) is 0 Å². The van der Waals surface area contributed by atoms with Crippen molar-refractivity contribution in [3.63, 3.8) is 0 Å². The van der Waals surface area contributed by atoms with Crippen LogP contribution in [0.2, 0.25) is 0 Å². The maximum Gasteiger partial charge on any atom is 0.0390 e. The molecule has 0 atom stereocenters. The van der Waals surface area contributed by atoms with Crippen molar-refractivity contribution in [3.8, 4) is 0 Å². The van der Waals surface area contributed by atoms with E-state index in [9.17, 15) is 0 Å². The summed E-state index contributed by atoms with van der Waals surface area (Å²) in [6.07, 6.45) is 0.952. The second kappa shape index (κ2) is 3.44. The van der Waals surface area contributed by atoms with Crippen LogP contribution in [0.3, 0.4) is 0 Å².